The van der Waals surface area contributed by atoms with E-state index in [1.165, 1.54) is 6.42 Å². The molecular formula is C23H26INO2. The normalized spacial score (nSPS) is 18.9. The van der Waals surface area contributed by atoms with Gasteiger partial charge in [0.2, 0.25) is 0 Å². The molecule has 0 aliphatic carbocycles. The molecule has 3 nitrogen and oxygen atoms in total. The Hall–Kier alpha value is -1.63. The molecule has 1 saturated heterocycles. The number of quaternary nitrogens is 1. The number of furan rings is 1. The first-order valence-electron chi connectivity index (χ1n) is 9.28. The minimum atomic E-state index is -1.30. The molecule has 0 bridgehead atoms. The Morgan fingerprint density at radius 2 is 1.44 bits per heavy atom. The molecule has 1 N–H and O–H groups in total. The van der Waals surface area contributed by atoms with E-state index in [9.17, 15) is 5.11 Å². The van der Waals surface area contributed by atoms with Crippen LogP contribution in [0.5, 0.6) is 0 Å². The van der Waals surface area contributed by atoms with Gasteiger partial charge < -0.3 is 38.0 Å². The summed E-state index contributed by atoms with van der Waals surface area (Å²) in [6.07, 6.45) is 2.32. The summed E-state index contributed by atoms with van der Waals surface area (Å²) >= 11 is 0. The summed E-state index contributed by atoms with van der Waals surface area (Å²) in [5.41, 5.74) is 0.329. The Morgan fingerprint density at radius 1 is 0.889 bits per heavy atom. The van der Waals surface area contributed by atoms with Crippen LogP contribution in [0, 0.1) is 0 Å². The summed E-state index contributed by atoms with van der Waals surface area (Å²) in [5.74, 6) is 1.55. The van der Waals surface area contributed by atoms with Crippen molar-refractivity contribution in [1.29, 1.82) is 0 Å². The van der Waals surface area contributed by atoms with Gasteiger partial charge in [-0.15, -0.1) is 0 Å². The molecule has 0 radical (unpaired) electrons. The van der Waals surface area contributed by atoms with Crippen molar-refractivity contribution < 1.29 is 38.0 Å². The Morgan fingerprint density at radius 3 is 1.93 bits per heavy atom. The zero-order valence-electron chi connectivity index (χ0n) is 15.8. The average Bonchev–Trinajstić information content (AvgIpc) is 3.28. The molecule has 4 heteroatoms. The third kappa shape index (κ3) is 3.58. The van der Waals surface area contributed by atoms with E-state index in [4.69, 9.17) is 4.42 Å². The quantitative estimate of drug-likeness (QED) is 0.459. The topological polar surface area (TPSA) is 33.4 Å². The van der Waals surface area contributed by atoms with Crippen molar-refractivity contribution >= 4 is 0 Å². The van der Waals surface area contributed by atoms with Gasteiger partial charge in [0.05, 0.1) is 20.6 Å². The third-order valence-corrected chi connectivity index (χ3v) is 5.75. The van der Waals surface area contributed by atoms with Gasteiger partial charge in [-0.3, -0.25) is 0 Å². The highest BCUT2D eigenvalue weighted by Gasteiger charge is 2.41. The summed E-state index contributed by atoms with van der Waals surface area (Å²) in [7, 11) is 4.50. The molecular weight excluding hydrogens is 449 g/mol. The van der Waals surface area contributed by atoms with Crippen LogP contribution in [0.3, 0.4) is 0 Å². The summed E-state index contributed by atoms with van der Waals surface area (Å²) in [6.45, 7) is 1.16. The van der Waals surface area contributed by atoms with Crippen LogP contribution in [-0.4, -0.2) is 30.2 Å². The van der Waals surface area contributed by atoms with Crippen molar-refractivity contribution in [3.8, 4) is 0 Å². The van der Waals surface area contributed by atoms with Crippen molar-refractivity contribution in [2.45, 2.75) is 24.5 Å². The van der Waals surface area contributed by atoms with Crippen LogP contribution in [0.1, 0.15) is 41.5 Å². The van der Waals surface area contributed by atoms with Gasteiger partial charge in [0.1, 0.15) is 11.8 Å². The first-order valence-corrected chi connectivity index (χ1v) is 9.28. The van der Waals surface area contributed by atoms with Crippen LogP contribution in [0.2, 0.25) is 0 Å². The smallest absolute Gasteiger partial charge is 0.173 e. The van der Waals surface area contributed by atoms with E-state index in [0.29, 0.717) is 11.8 Å². The highest BCUT2D eigenvalue weighted by Crippen LogP contribution is 2.41. The maximum atomic E-state index is 11.8. The van der Waals surface area contributed by atoms with Gasteiger partial charge in [-0.05, 0) is 23.3 Å². The number of hydrogen-bond acceptors (Lipinski definition) is 2. The Bertz CT molecular complexity index is 834. The van der Waals surface area contributed by atoms with Crippen molar-refractivity contribution in [3.63, 3.8) is 0 Å². The molecule has 0 amide bonds. The number of halogens is 1. The number of likely N-dealkylation sites (tertiary alicyclic amines) is 1. The zero-order chi connectivity index (χ0) is 18.2. The molecule has 1 atom stereocenters. The zero-order valence-corrected chi connectivity index (χ0v) is 18.0. The molecule has 27 heavy (non-hydrogen) atoms. The van der Waals surface area contributed by atoms with Crippen LogP contribution < -0.4 is 24.0 Å². The molecule has 1 aliphatic heterocycles. The molecule has 1 unspecified atom stereocenters. The molecule has 3 aromatic rings. The van der Waals surface area contributed by atoms with Crippen molar-refractivity contribution in [1.82, 2.24) is 0 Å². The number of aliphatic hydroxyl groups is 1. The second kappa shape index (κ2) is 7.78. The third-order valence-electron chi connectivity index (χ3n) is 5.75. The van der Waals surface area contributed by atoms with Gasteiger partial charge in [0, 0.05) is 12.8 Å². The Labute approximate surface area is 178 Å². The molecule has 2 heterocycles. The second-order valence-corrected chi connectivity index (χ2v) is 7.80. The van der Waals surface area contributed by atoms with E-state index in [1.807, 2.05) is 72.8 Å². The molecule has 4 rings (SSSR count). The minimum absolute atomic E-state index is 0. The molecule has 1 aromatic heterocycles. The maximum absolute atomic E-state index is 11.8. The standard InChI is InChI=1S/C23H26NO2.HI/c1-24(2)17-9-14-20(24)21-15-16-22(26-21)23(25,18-10-5-3-6-11-18)19-12-7-4-8-13-19;/h3-8,10-13,15-16,20,25H,9,14,17H2,1-2H3;1H/q+1;/p-1. The van der Waals surface area contributed by atoms with E-state index in [2.05, 4.69) is 14.1 Å². The molecule has 2 aromatic carbocycles. The lowest BCUT2D eigenvalue weighted by molar-refractivity contribution is -0.909. The number of benzene rings is 2. The highest BCUT2D eigenvalue weighted by molar-refractivity contribution is 5.43. The van der Waals surface area contributed by atoms with E-state index in [-0.39, 0.29) is 24.0 Å². The minimum Gasteiger partial charge on any atom is -1.00 e. The van der Waals surface area contributed by atoms with Crippen LogP contribution in [-0.2, 0) is 5.60 Å². The van der Waals surface area contributed by atoms with E-state index in [1.54, 1.807) is 0 Å². The van der Waals surface area contributed by atoms with Gasteiger partial charge in [0.25, 0.3) is 0 Å². The van der Waals surface area contributed by atoms with Gasteiger partial charge in [0.15, 0.2) is 11.4 Å². The predicted octanol–water partition coefficient (Wildman–Crippen LogP) is 1.48. The first kappa shape index (κ1) is 20.1. The summed E-state index contributed by atoms with van der Waals surface area (Å²) in [6, 6.07) is 23.8. The van der Waals surface area contributed by atoms with Crippen LogP contribution in [0.4, 0.5) is 0 Å². The van der Waals surface area contributed by atoms with Gasteiger partial charge >= 0.3 is 0 Å². The average molecular weight is 475 g/mol. The van der Waals surface area contributed by atoms with Crippen molar-refractivity contribution in [2.75, 3.05) is 20.6 Å². The van der Waals surface area contributed by atoms with Crippen molar-refractivity contribution in [3.05, 3.63) is 95.4 Å². The number of nitrogens with zero attached hydrogens (tertiary/aromatic N) is 1. The number of rotatable bonds is 4. The van der Waals surface area contributed by atoms with Crippen molar-refractivity contribution in [2.24, 2.45) is 0 Å². The predicted molar refractivity (Wildman–Crippen MR) is 103 cm³/mol. The van der Waals surface area contributed by atoms with Gasteiger partial charge in [-0.2, -0.15) is 0 Å². The largest absolute Gasteiger partial charge is 1.00 e. The maximum Gasteiger partial charge on any atom is 0.173 e. The Kier molecular flexibility index (Phi) is 5.79. The fourth-order valence-corrected chi connectivity index (χ4v) is 4.22. The van der Waals surface area contributed by atoms with Crippen LogP contribution >= 0.6 is 0 Å². The number of hydrogen-bond donors (Lipinski definition) is 1. The van der Waals surface area contributed by atoms with Crippen LogP contribution in [0.15, 0.2) is 77.2 Å². The first-order chi connectivity index (χ1) is 12.5. The van der Waals surface area contributed by atoms with E-state index in [0.717, 1.165) is 34.3 Å². The van der Waals surface area contributed by atoms with E-state index < -0.39 is 5.60 Å². The fourth-order valence-electron chi connectivity index (χ4n) is 4.22. The summed E-state index contributed by atoms with van der Waals surface area (Å²) < 4.78 is 7.24. The lowest BCUT2D eigenvalue weighted by Gasteiger charge is -2.31. The molecule has 1 aliphatic rings. The molecule has 0 saturated carbocycles. The monoisotopic (exact) mass is 475 g/mol. The Balaban J connectivity index is 0.00000210. The molecule has 1 fully saturated rings. The molecule has 0 spiro atoms. The molecule has 142 valence electrons. The SMILES string of the molecule is C[N+]1(C)CCCC1c1ccc(C(O)(c2ccccc2)c2ccccc2)o1.[I-]. The van der Waals surface area contributed by atoms with E-state index >= 15 is 0 Å². The highest BCUT2D eigenvalue weighted by atomic mass is 127. The summed E-state index contributed by atoms with van der Waals surface area (Å²) in [4.78, 5) is 0. The summed E-state index contributed by atoms with van der Waals surface area (Å²) in [5, 5.41) is 11.8. The van der Waals surface area contributed by atoms with Gasteiger partial charge in [-0.1, -0.05) is 60.7 Å². The van der Waals surface area contributed by atoms with Gasteiger partial charge in [-0.25, -0.2) is 0 Å². The lowest BCUT2D eigenvalue weighted by atomic mass is 9.84. The van der Waals surface area contributed by atoms with Crippen LogP contribution in [0.25, 0.3) is 0 Å². The fraction of sp³-hybridized carbons (Fsp3) is 0.304. The second-order valence-electron chi connectivity index (χ2n) is 7.80. The lowest BCUT2D eigenvalue weighted by Crippen LogP contribution is -3.00.